The van der Waals surface area contributed by atoms with Crippen LogP contribution >= 0.6 is 0 Å². The molecule has 8 heteroatoms. The lowest BCUT2D eigenvalue weighted by atomic mass is 9.91. The van der Waals surface area contributed by atoms with E-state index in [1.807, 2.05) is 18.2 Å². The van der Waals surface area contributed by atoms with Gasteiger partial charge in [0.15, 0.2) is 0 Å². The first kappa shape index (κ1) is 20.2. The molecule has 32 heavy (non-hydrogen) atoms. The van der Waals surface area contributed by atoms with Crippen molar-refractivity contribution in [3.8, 4) is 0 Å². The Morgan fingerprint density at radius 3 is 2.50 bits per heavy atom. The lowest BCUT2D eigenvalue weighted by Gasteiger charge is -2.30. The minimum Gasteiger partial charge on any atom is -0.377 e. The van der Waals surface area contributed by atoms with E-state index in [4.69, 9.17) is 9.61 Å². The summed E-state index contributed by atoms with van der Waals surface area (Å²) in [6.07, 6.45) is 3.79. The maximum atomic E-state index is 12.7. The first-order chi connectivity index (χ1) is 15.6. The molecule has 1 fully saturated rings. The topological polar surface area (TPSA) is 96.2 Å². The Hall–Kier alpha value is -3.68. The molecule has 0 aliphatic heterocycles. The van der Waals surface area contributed by atoms with Crippen LogP contribution in [0.5, 0.6) is 0 Å². The van der Waals surface area contributed by atoms with Gasteiger partial charge in [-0.2, -0.15) is 0 Å². The molecule has 0 spiro atoms. The molecule has 0 radical (unpaired) electrons. The molecule has 2 aromatic heterocycles. The highest BCUT2D eigenvalue weighted by Gasteiger charge is 2.23. The van der Waals surface area contributed by atoms with Gasteiger partial charge in [0.1, 0.15) is 16.9 Å². The number of amides is 1. The molecule has 0 bridgehead atoms. The maximum absolute atomic E-state index is 12.7. The van der Waals surface area contributed by atoms with Crippen molar-refractivity contribution in [1.82, 2.24) is 20.6 Å². The van der Waals surface area contributed by atoms with Crippen LogP contribution in [0.15, 0.2) is 53.2 Å². The lowest BCUT2D eigenvalue weighted by Crippen LogP contribution is -2.40. The molecule has 0 saturated heterocycles. The zero-order chi connectivity index (χ0) is 22.1. The van der Waals surface area contributed by atoms with Crippen molar-refractivity contribution in [2.45, 2.75) is 37.8 Å². The predicted molar refractivity (Wildman–Crippen MR) is 125 cm³/mol. The van der Waals surface area contributed by atoms with Gasteiger partial charge in [-0.05, 0) is 60.3 Å². The molecule has 2 aromatic carbocycles. The monoisotopic (exact) mass is 430 g/mol. The molecule has 4 aromatic rings. The molecule has 8 nitrogen and oxygen atoms in total. The number of pyridine rings is 1. The molecule has 1 saturated carbocycles. The van der Waals surface area contributed by atoms with Gasteiger partial charge in [-0.15, -0.1) is 0 Å². The second-order valence-electron chi connectivity index (χ2n) is 8.57. The molecule has 5 rings (SSSR count). The summed E-state index contributed by atoms with van der Waals surface area (Å²) in [6, 6.07) is 16.0. The Morgan fingerprint density at radius 2 is 1.69 bits per heavy atom. The summed E-state index contributed by atoms with van der Waals surface area (Å²) in [7, 11) is 4.10. The van der Waals surface area contributed by atoms with Crippen LogP contribution in [0.4, 0.5) is 11.5 Å². The van der Waals surface area contributed by atoms with Gasteiger partial charge < -0.3 is 15.5 Å². The number of carbonyl (C=O) groups excluding carboxylic acids is 1. The fraction of sp³-hybridized carbons (Fsp3) is 0.333. The Morgan fingerprint density at radius 1 is 0.938 bits per heavy atom. The summed E-state index contributed by atoms with van der Waals surface area (Å²) >= 11 is 0. The number of fused-ring (bicyclic) bond motifs is 2. The molecule has 164 valence electrons. The van der Waals surface area contributed by atoms with Crippen molar-refractivity contribution in [1.29, 1.82) is 0 Å². The first-order valence-electron chi connectivity index (χ1n) is 10.9. The second kappa shape index (κ2) is 8.45. The van der Waals surface area contributed by atoms with Crippen LogP contribution in [-0.4, -0.2) is 47.4 Å². The number of nitrogens with zero attached hydrogens (tertiary/aromatic N) is 4. The van der Waals surface area contributed by atoms with Crippen LogP contribution in [-0.2, 0) is 0 Å². The molecule has 0 atom stereocenters. The number of hydrogen-bond acceptors (Lipinski definition) is 7. The summed E-state index contributed by atoms with van der Waals surface area (Å²) < 4.78 is 4.71. The number of carbonyl (C=O) groups is 1. The van der Waals surface area contributed by atoms with Gasteiger partial charge in [-0.25, -0.2) is 9.61 Å². The number of nitrogens with one attached hydrogen (secondary N) is 2. The van der Waals surface area contributed by atoms with Crippen molar-refractivity contribution in [2.24, 2.45) is 0 Å². The van der Waals surface area contributed by atoms with Crippen LogP contribution in [0.3, 0.4) is 0 Å². The highest BCUT2D eigenvalue weighted by molar-refractivity contribution is 5.97. The summed E-state index contributed by atoms with van der Waals surface area (Å²) in [4.78, 5) is 19.6. The third-order valence-electron chi connectivity index (χ3n) is 6.11. The number of rotatable bonds is 5. The van der Waals surface area contributed by atoms with Crippen LogP contribution in [0.2, 0.25) is 0 Å². The number of benzene rings is 2. The van der Waals surface area contributed by atoms with Crippen molar-refractivity contribution < 1.29 is 9.42 Å². The molecule has 1 aliphatic carbocycles. The molecular formula is C24H26N6O2. The van der Waals surface area contributed by atoms with Crippen LogP contribution in [0.1, 0.15) is 36.0 Å². The minimum atomic E-state index is -0.0851. The van der Waals surface area contributed by atoms with Gasteiger partial charge in [0.2, 0.25) is 0 Å². The van der Waals surface area contributed by atoms with E-state index in [2.05, 4.69) is 52.1 Å². The Bertz CT molecular complexity index is 1260. The average Bonchev–Trinajstić information content (AvgIpc) is 3.27. The fourth-order valence-electron chi connectivity index (χ4n) is 4.38. The molecule has 1 amide bonds. The summed E-state index contributed by atoms with van der Waals surface area (Å²) in [5.74, 6) is 0.813. The zero-order valence-electron chi connectivity index (χ0n) is 18.2. The van der Waals surface area contributed by atoms with Gasteiger partial charge in [0.25, 0.3) is 5.91 Å². The quantitative estimate of drug-likeness (QED) is 0.494. The van der Waals surface area contributed by atoms with Gasteiger partial charge in [0.05, 0.1) is 5.52 Å². The molecule has 0 unspecified atom stereocenters. The van der Waals surface area contributed by atoms with E-state index in [9.17, 15) is 4.79 Å². The van der Waals surface area contributed by atoms with Crippen molar-refractivity contribution >= 4 is 39.3 Å². The SMILES string of the molecule is CN(C)c1cc(N[C@H]2CC[C@@H](NC(=O)c3ccc4nonc4c3)CC2)nc2ccccc12. The largest absolute Gasteiger partial charge is 0.377 e. The number of aromatic nitrogens is 3. The highest BCUT2D eigenvalue weighted by atomic mass is 16.6. The van der Waals surface area contributed by atoms with Crippen molar-refractivity contribution in [3.63, 3.8) is 0 Å². The first-order valence-corrected chi connectivity index (χ1v) is 10.9. The second-order valence-corrected chi connectivity index (χ2v) is 8.57. The highest BCUT2D eigenvalue weighted by Crippen LogP contribution is 2.29. The summed E-state index contributed by atoms with van der Waals surface area (Å²) in [5, 5.41) is 15.5. The molecule has 2 heterocycles. The van der Waals surface area contributed by atoms with E-state index in [1.54, 1.807) is 18.2 Å². The van der Waals surface area contributed by atoms with E-state index < -0.39 is 0 Å². The van der Waals surface area contributed by atoms with E-state index in [1.165, 1.54) is 0 Å². The molecule has 2 N–H and O–H groups in total. The maximum Gasteiger partial charge on any atom is 0.251 e. The summed E-state index contributed by atoms with van der Waals surface area (Å²) in [6.45, 7) is 0. The lowest BCUT2D eigenvalue weighted by molar-refractivity contribution is 0.0926. The van der Waals surface area contributed by atoms with Crippen LogP contribution in [0, 0.1) is 0 Å². The normalized spacial score (nSPS) is 18.6. The van der Waals surface area contributed by atoms with Crippen molar-refractivity contribution in [2.75, 3.05) is 24.3 Å². The van der Waals surface area contributed by atoms with Crippen LogP contribution in [0.25, 0.3) is 21.9 Å². The van der Waals surface area contributed by atoms with Gasteiger partial charge in [0, 0.05) is 48.9 Å². The van der Waals surface area contributed by atoms with E-state index in [0.29, 0.717) is 22.6 Å². The van der Waals surface area contributed by atoms with Crippen molar-refractivity contribution in [3.05, 3.63) is 54.1 Å². The Kier molecular flexibility index (Phi) is 5.34. The van der Waals surface area contributed by atoms with E-state index in [-0.39, 0.29) is 11.9 Å². The molecule has 1 aliphatic rings. The Balaban J connectivity index is 1.21. The van der Waals surface area contributed by atoms with Gasteiger partial charge >= 0.3 is 0 Å². The third kappa shape index (κ3) is 4.08. The minimum absolute atomic E-state index is 0.0851. The van der Waals surface area contributed by atoms with Gasteiger partial charge in [-0.1, -0.05) is 18.2 Å². The predicted octanol–water partition coefficient (Wildman–Crippen LogP) is 3.99. The number of anilines is 2. The standard InChI is InChI=1S/C24H26N6O2/c1-30(2)22-14-23(27-19-6-4-3-5-18(19)22)25-16-8-10-17(11-9-16)26-24(31)15-7-12-20-21(13-15)29-32-28-20/h3-7,12-14,16-17H,8-11H2,1-2H3,(H,25,27)(H,26,31)/t16-,17+. The van der Waals surface area contributed by atoms with E-state index in [0.717, 1.165) is 48.1 Å². The number of hydrogen-bond donors (Lipinski definition) is 2. The van der Waals surface area contributed by atoms with Crippen LogP contribution < -0.4 is 15.5 Å². The third-order valence-corrected chi connectivity index (χ3v) is 6.11. The fourth-order valence-corrected chi connectivity index (χ4v) is 4.38. The smallest absolute Gasteiger partial charge is 0.251 e. The zero-order valence-corrected chi connectivity index (χ0v) is 18.2. The van der Waals surface area contributed by atoms with Gasteiger partial charge in [-0.3, -0.25) is 4.79 Å². The molecular weight excluding hydrogens is 404 g/mol. The summed E-state index contributed by atoms with van der Waals surface area (Å²) in [5.41, 5.74) is 3.95. The van der Waals surface area contributed by atoms with E-state index >= 15 is 0 Å². The average molecular weight is 431 g/mol. The Labute approximate surface area is 186 Å². The number of para-hydroxylation sites is 1.